The SMILES string of the molecule is C=C/C=C\C(=C/C)COc1ccc(C)nc1. The predicted octanol–water partition coefficient (Wildman–Crippen LogP) is 3.46. The molecule has 0 aromatic carbocycles. The summed E-state index contributed by atoms with van der Waals surface area (Å²) in [5.41, 5.74) is 2.10. The van der Waals surface area contributed by atoms with Crippen molar-refractivity contribution in [3.63, 3.8) is 0 Å². The van der Waals surface area contributed by atoms with Crippen LogP contribution in [0.25, 0.3) is 0 Å². The van der Waals surface area contributed by atoms with Crippen LogP contribution >= 0.6 is 0 Å². The van der Waals surface area contributed by atoms with Crippen molar-refractivity contribution in [1.29, 1.82) is 0 Å². The number of rotatable bonds is 5. The molecule has 0 aliphatic heterocycles. The van der Waals surface area contributed by atoms with Crippen LogP contribution in [0.5, 0.6) is 5.75 Å². The van der Waals surface area contributed by atoms with Crippen molar-refractivity contribution < 1.29 is 4.74 Å². The van der Waals surface area contributed by atoms with Gasteiger partial charge in [0.25, 0.3) is 0 Å². The number of aromatic nitrogens is 1. The van der Waals surface area contributed by atoms with E-state index < -0.39 is 0 Å². The van der Waals surface area contributed by atoms with Crippen molar-refractivity contribution in [2.24, 2.45) is 0 Å². The highest BCUT2D eigenvalue weighted by atomic mass is 16.5. The monoisotopic (exact) mass is 215 g/mol. The Morgan fingerprint density at radius 1 is 1.50 bits per heavy atom. The van der Waals surface area contributed by atoms with Gasteiger partial charge in [0.15, 0.2) is 0 Å². The third-order valence-corrected chi connectivity index (χ3v) is 2.11. The lowest BCUT2D eigenvalue weighted by molar-refractivity contribution is 0.354. The van der Waals surface area contributed by atoms with Gasteiger partial charge in [-0.25, -0.2) is 0 Å². The summed E-state index contributed by atoms with van der Waals surface area (Å²) in [5, 5.41) is 0. The summed E-state index contributed by atoms with van der Waals surface area (Å²) in [6.45, 7) is 8.12. The Kier molecular flexibility index (Phi) is 5.06. The van der Waals surface area contributed by atoms with Gasteiger partial charge in [0.05, 0.1) is 6.20 Å². The highest BCUT2D eigenvalue weighted by molar-refractivity contribution is 5.24. The Morgan fingerprint density at radius 2 is 2.31 bits per heavy atom. The van der Waals surface area contributed by atoms with Crippen LogP contribution in [-0.4, -0.2) is 11.6 Å². The molecule has 2 nitrogen and oxygen atoms in total. The molecule has 1 heterocycles. The molecular weight excluding hydrogens is 198 g/mol. The molecule has 0 spiro atoms. The van der Waals surface area contributed by atoms with Crippen LogP contribution in [0.3, 0.4) is 0 Å². The molecule has 0 N–H and O–H groups in total. The van der Waals surface area contributed by atoms with Gasteiger partial charge >= 0.3 is 0 Å². The van der Waals surface area contributed by atoms with E-state index >= 15 is 0 Å². The van der Waals surface area contributed by atoms with Gasteiger partial charge in [-0.2, -0.15) is 0 Å². The van der Waals surface area contributed by atoms with E-state index in [1.807, 2.05) is 44.2 Å². The number of allylic oxidation sites excluding steroid dienone is 3. The van der Waals surface area contributed by atoms with Gasteiger partial charge in [0.2, 0.25) is 0 Å². The molecular formula is C14H17NO. The molecule has 2 heteroatoms. The lowest BCUT2D eigenvalue weighted by atomic mass is 10.2. The van der Waals surface area contributed by atoms with Crippen LogP contribution in [0.15, 0.2) is 54.8 Å². The second kappa shape index (κ2) is 6.62. The fraction of sp³-hybridized carbons (Fsp3) is 0.214. The van der Waals surface area contributed by atoms with E-state index in [2.05, 4.69) is 11.6 Å². The van der Waals surface area contributed by atoms with Crippen molar-refractivity contribution in [3.8, 4) is 5.75 Å². The second-order valence-electron chi connectivity index (χ2n) is 3.38. The van der Waals surface area contributed by atoms with Crippen molar-refractivity contribution in [3.05, 3.63) is 60.5 Å². The molecule has 0 unspecified atom stereocenters. The van der Waals surface area contributed by atoms with E-state index in [1.165, 1.54) is 0 Å². The number of ether oxygens (including phenoxy) is 1. The number of nitrogens with zero attached hydrogens (tertiary/aromatic N) is 1. The fourth-order valence-corrected chi connectivity index (χ4v) is 1.13. The number of aryl methyl sites for hydroxylation is 1. The molecule has 0 aliphatic carbocycles. The van der Waals surface area contributed by atoms with Gasteiger partial charge in [0, 0.05) is 5.69 Å². The minimum atomic E-state index is 0.547. The third kappa shape index (κ3) is 4.13. The zero-order valence-corrected chi connectivity index (χ0v) is 9.81. The maximum absolute atomic E-state index is 5.59. The molecule has 1 aromatic heterocycles. The molecule has 0 atom stereocenters. The summed E-state index contributed by atoms with van der Waals surface area (Å²) in [6.07, 6.45) is 9.37. The summed E-state index contributed by atoms with van der Waals surface area (Å²) in [4.78, 5) is 4.17. The third-order valence-electron chi connectivity index (χ3n) is 2.11. The van der Waals surface area contributed by atoms with Crippen LogP contribution in [0, 0.1) is 6.92 Å². The van der Waals surface area contributed by atoms with Crippen LogP contribution in [0.1, 0.15) is 12.6 Å². The van der Waals surface area contributed by atoms with Gasteiger partial charge in [-0.3, -0.25) is 4.98 Å². The molecule has 0 bridgehead atoms. The van der Waals surface area contributed by atoms with E-state index in [4.69, 9.17) is 4.74 Å². The van der Waals surface area contributed by atoms with Crippen LogP contribution in [0.4, 0.5) is 0 Å². The first-order chi connectivity index (χ1) is 7.76. The molecule has 0 saturated carbocycles. The standard InChI is InChI=1S/C14H17NO/c1-4-6-7-13(5-2)11-16-14-9-8-12(3)15-10-14/h4-10H,1,11H2,2-3H3/b7-6-,13-5+. The van der Waals surface area contributed by atoms with Crippen LogP contribution < -0.4 is 4.74 Å². The Hall–Kier alpha value is -1.83. The number of pyridine rings is 1. The smallest absolute Gasteiger partial charge is 0.138 e. The van der Waals surface area contributed by atoms with Gasteiger partial charge in [-0.1, -0.05) is 30.9 Å². The Morgan fingerprint density at radius 3 is 2.88 bits per heavy atom. The zero-order valence-electron chi connectivity index (χ0n) is 9.81. The zero-order chi connectivity index (χ0) is 11.8. The van der Waals surface area contributed by atoms with Gasteiger partial charge in [-0.15, -0.1) is 0 Å². The average molecular weight is 215 g/mol. The lowest BCUT2D eigenvalue weighted by Gasteiger charge is -2.06. The van der Waals surface area contributed by atoms with E-state index in [0.717, 1.165) is 17.0 Å². The average Bonchev–Trinajstić information content (AvgIpc) is 2.32. The molecule has 0 saturated heterocycles. The van der Waals surface area contributed by atoms with E-state index in [-0.39, 0.29) is 0 Å². The fourth-order valence-electron chi connectivity index (χ4n) is 1.13. The van der Waals surface area contributed by atoms with Gasteiger partial charge in [0.1, 0.15) is 12.4 Å². The molecule has 1 rings (SSSR count). The predicted molar refractivity (Wildman–Crippen MR) is 67.6 cm³/mol. The van der Waals surface area contributed by atoms with Crippen molar-refractivity contribution in [2.75, 3.05) is 6.61 Å². The highest BCUT2D eigenvalue weighted by Gasteiger charge is 1.95. The topological polar surface area (TPSA) is 22.1 Å². The normalized spacial score (nSPS) is 11.8. The first-order valence-corrected chi connectivity index (χ1v) is 5.26. The Labute approximate surface area is 97.0 Å². The quantitative estimate of drug-likeness (QED) is 0.702. The Bertz CT molecular complexity index is 388. The minimum absolute atomic E-state index is 0.547. The maximum atomic E-state index is 5.59. The van der Waals surface area contributed by atoms with Gasteiger partial charge in [-0.05, 0) is 31.6 Å². The summed E-state index contributed by atoms with van der Waals surface area (Å²) in [5.74, 6) is 0.789. The highest BCUT2D eigenvalue weighted by Crippen LogP contribution is 2.10. The summed E-state index contributed by atoms with van der Waals surface area (Å²) < 4.78 is 5.59. The number of hydrogen-bond donors (Lipinski definition) is 0. The van der Waals surface area contributed by atoms with E-state index in [0.29, 0.717) is 6.61 Å². The van der Waals surface area contributed by atoms with E-state index in [9.17, 15) is 0 Å². The number of hydrogen-bond acceptors (Lipinski definition) is 2. The summed E-state index contributed by atoms with van der Waals surface area (Å²) >= 11 is 0. The first kappa shape index (κ1) is 12.2. The van der Waals surface area contributed by atoms with Crippen molar-refractivity contribution in [1.82, 2.24) is 4.98 Å². The van der Waals surface area contributed by atoms with Crippen LogP contribution in [0.2, 0.25) is 0 Å². The molecule has 0 amide bonds. The first-order valence-electron chi connectivity index (χ1n) is 5.26. The molecule has 84 valence electrons. The molecule has 1 aromatic rings. The lowest BCUT2D eigenvalue weighted by Crippen LogP contribution is -1.99. The molecule has 0 aliphatic rings. The van der Waals surface area contributed by atoms with Crippen molar-refractivity contribution >= 4 is 0 Å². The second-order valence-corrected chi connectivity index (χ2v) is 3.38. The maximum Gasteiger partial charge on any atom is 0.138 e. The largest absolute Gasteiger partial charge is 0.487 e. The van der Waals surface area contributed by atoms with E-state index in [1.54, 1.807) is 12.3 Å². The molecule has 0 radical (unpaired) electrons. The Balaban J connectivity index is 2.53. The molecule has 0 fully saturated rings. The summed E-state index contributed by atoms with van der Waals surface area (Å²) in [6, 6.07) is 3.86. The van der Waals surface area contributed by atoms with Crippen LogP contribution in [-0.2, 0) is 0 Å². The minimum Gasteiger partial charge on any atom is -0.487 e. The van der Waals surface area contributed by atoms with Crippen molar-refractivity contribution in [2.45, 2.75) is 13.8 Å². The van der Waals surface area contributed by atoms with Gasteiger partial charge < -0.3 is 4.74 Å². The molecule has 16 heavy (non-hydrogen) atoms. The summed E-state index contributed by atoms with van der Waals surface area (Å²) in [7, 11) is 0.